The second kappa shape index (κ2) is 10.3. The summed E-state index contributed by atoms with van der Waals surface area (Å²) in [6.07, 6.45) is 0. The Bertz CT molecular complexity index is 3750. The number of hydrogen-bond acceptors (Lipinski definition) is 5. The van der Waals surface area contributed by atoms with Gasteiger partial charge in [-0.1, -0.05) is 109 Å². The molecule has 8 aromatic carbocycles. The standard InChI is InChI=1S/C48H25N3O2S/c1-2-12-28-26(11-1)22-24-37-40(28)32-23-21-27(25-38(32)52-37)43-46-44(33-16-6-9-19-36(33)53-46)50-48(49-43)51-35-18-8-5-15-31(35)41-29-13-3-4-14-30(29)42-34-17-7-10-20-39(34)54-47(42)45(41)51/h1-25H. The fraction of sp³-hybridized carbons (Fsp3) is 0. The molecule has 6 heteroatoms. The number of furan rings is 2. The molecule has 13 rings (SSSR count). The van der Waals surface area contributed by atoms with Crippen LogP contribution in [0.15, 0.2) is 160 Å². The van der Waals surface area contributed by atoms with E-state index in [4.69, 9.17) is 18.8 Å². The normalized spacial score (nSPS) is 12.4. The molecule has 5 aromatic heterocycles. The third-order valence-electron chi connectivity index (χ3n) is 11.2. The highest BCUT2D eigenvalue weighted by atomic mass is 32.1. The van der Waals surface area contributed by atoms with Gasteiger partial charge in [-0.3, -0.25) is 4.57 Å². The predicted octanol–water partition coefficient (Wildman–Crippen LogP) is 13.7. The van der Waals surface area contributed by atoms with Crippen LogP contribution in [-0.2, 0) is 0 Å². The third-order valence-corrected chi connectivity index (χ3v) is 12.4. The van der Waals surface area contributed by atoms with E-state index in [2.05, 4.69) is 138 Å². The SMILES string of the molecule is c1ccc2c(c1)ccc1oc3cc(-c4nc(-n5c6ccccc6c6c7ccccc7c7c8ccccc8sc7c65)nc5c4oc4ccccc45)ccc3c12. The smallest absolute Gasteiger partial charge is 0.236 e. The molecule has 13 aromatic rings. The van der Waals surface area contributed by atoms with E-state index in [1.165, 1.54) is 52.5 Å². The highest BCUT2D eigenvalue weighted by molar-refractivity contribution is 7.27. The van der Waals surface area contributed by atoms with Gasteiger partial charge in [0.15, 0.2) is 5.58 Å². The van der Waals surface area contributed by atoms with Gasteiger partial charge in [0.1, 0.15) is 28.0 Å². The quantitative estimate of drug-likeness (QED) is 0.179. The molecule has 0 fully saturated rings. The topological polar surface area (TPSA) is 57.0 Å². The lowest BCUT2D eigenvalue weighted by Crippen LogP contribution is -2.03. The second-order valence-corrected chi connectivity index (χ2v) is 15.1. The van der Waals surface area contributed by atoms with E-state index in [9.17, 15) is 0 Å². The molecule has 0 aliphatic carbocycles. The summed E-state index contributed by atoms with van der Waals surface area (Å²) in [5, 5.41) is 12.9. The van der Waals surface area contributed by atoms with Crippen LogP contribution in [-0.4, -0.2) is 14.5 Å². The number of fused-ring (bicyclic) bond motifs is 18. The zero-order valence-corrected chi connectivity index (χ0v) is 29.3. The molecule has 0 radical (unpaired) electrons. The number of nitrogens with zero attached hydrogens (tertiary/aromatic N) is 3. The number of rotatable bonds is 2. The lowest BCUT2D eigenvalue weighted by Gasteiger charge is -2.11. The summed E-state index contributed by atoms with van der Waals surface area (Å²) in [5.41, 5.74) is 7.66. The molecule has 54 heavy (non-hydrogen) atoms. The first-order chi connectivity index (χ1) is 26.8. The van der Waals surface area contributed by atoms with Crippen LogP contribution in [0.1, 0.15) is 0 Å². The Kier molecular flexibility index (Phi) is 5.45. The zero-order chi connectivity index (χ0) is 35.1. The first-order valence-corrected chi connectivity index (χ1v) is 18.9. The summed E-state index contributed by atoms with van der Waals surface area (Å²) >= 11 is 1.84. The van der Waals surface area contributed by atoms with Crippen LogP contribution in [0.3, 0.4) is 0 Å². The number of thiophene rings is 1. The van der Waals surface area contributed by atoms with Gasteiger partial charge in [0, 0.05) is 48.0 Å². The minimum Gasteiger partial charge on any atom is -0.456 e. The van der Waals surface area contributed by atoms with E-state index in [1.54, 1.807) is 0 Å². The Morgan fingerprint density at radius 3 is 2.09 bits per heavy atom. The predicted molar refractivity (Wildman–Crippen MR) is 224 cm³/mol. The summed E-state index contributed by atoms with van der Waals surface area (Å²) in [6.45, 7) is 0. The minimum atomic E-state index is 0.597. The van der Waals surface area contributed by atoms with E-state index in [1.807, 2.05) is 29.5 Å². The Balaban J connectivity index is 1.18. The minimum absolute atomic E-state index is 0.597. The van der Waals surface area contributed by atoms with Crippen molar-refractivity contribution < 1.29 is 8.83 Å². The van der Waals surface area contributed by atoms with Crippen LogP contribution in [0.25, 0.3) is 125 Å². The molecule has 0 N–H and O–H groups in total. The van der Waals surface area contributed by atoms with E-state index < -0.39 is 0 Å². The van der Waals surface area contributed by atoms with Crippen molar-refractivity contribution in [1.82, 2.24) is 14.5 Å². The number of para-hydroxylation sites is 2. The summed E-state index contributed by atoms with van der Waals surface area (Å²) in [7, 11) is 0. The second-order valence-electron chi connectivity index (χ2n) is 14.0. The van der Waals surface area contributed by atoms with Gasteiger partial charge in [-0.25, -0.2) is 9.97 Å². The first-order valence-electron chi connectivity index (χ1n) is 18.1. The zero-order valence-electron chi connectivity index (χ0n) is 28.5. The van der Waals surface area contributed by atoms with E-state index in [0.717, 1.165) is 60.7 Å². The number of benzene rings is 8. The highest BCUT2D eigenvalue weighted by Gasteiger charge is 2.25. The van der Waals surface area contributed by atoms with Crippen molar-refractivity contribution in [1.29, 1.82) is 0 Å². The van der Waals surface area contributed by atoms with Crippen LogP contribution in [0, 0.1) is 0 Å². The maximum absolute atomic E-state index is 6.62. The molecule has 0 aliphatic heterocycles. The van der Waals surface area contributed by atoms with Crippen molar-refractivity contribution in [3.8, 4) is 17.2 Å². The molecular formula is C48H25N3O2S. The fourth-order valence-corrected chi connectivity index (χ4v) is 10.2. The maximum Gasteiger partial charge on any atom is 0.236 e. The molecule has 0 saturated heterocycles. The molecule has 0 atom stereocenters. The van der Waals surface area contributed by atoms with Crippen LogP contribution in [0.2, 0.25) is 0 Å². The largest absolute Gasteiger partial charge is 0.456 e. The Labute approximate surface area is 309 Å². The van der Waals surface area contributed by atoms with Gasteiger partial charge >= 0.3 is 0 Å². The van der Waals surface area contributed by atoms with Crippen LogP contribution >= 0.6 is 11.3 Å². The van der Waals surface area contributed by atoms with Crippen molar-refractivity contribution in [2.45, 2.75) is 0 Å². The number of aromatic nitrogens is 3. The monoisotopic (exact) mass is 707 g/mol. The van der Waals surface area contributed by atoms with Crippen LogP contribution in [0.4, 0.5) is 0 Å². The molecule has 0 bridgehead atoms. The van der Waals surface area contributed by atoms with Gasteiger partial charge in [0.05, 0.1) is 15.7 Å². The molecule has 0 unspecified atom stereocenters. The lowest BCUT2D eigenvalue weighted by atomic mass is 9.99. The van der Waals surface area contributed by atoms with E-state index in [-0.39, 0.29) is 0 Å². The molecular weight excluding hydrogens is 683 g/mol. The Morgan fingerprint density at radius 1 is 0.481 bits per heavy atom. The van der Waals surface area contributed by atoms with Crippen LogP contribution in [0.5, 0.6) is 0 Å². The molecule has 5 nitrogen and oxygen atoms in total. The molecule has 0 spiro atoms. The Morgan fingerprint density at radius 2 is 1.20 bits per heavy atom. The van der Waals surface area contributed by atoms with Gasteiger partial charge < -0.3 is 8.83 Å². The van der Waals surface area contributed by atoms with Crippen molar-refractivity contribution in [3.05, 3.63) is 152 Å². The average molecular weight is 708 g/mol. The highest BCUT2D eigenvalue weighted by Crippen LogP contribution is 2.48. The summed E-state index contributed by atoms with van der Waals surface area (Å²) in [5.74, 6) is 0.597. The van der Waals surface area contributed by atoms with Gasteiger partial charge in [0.25, 0.3) is 0 Å². The molecule has 0 aliphatic rings. The van der Waals surface area contributed by atoms with Crippen molar-refractivity contribution in [3.63, 3.8) is 0 Å². The van der Waals surface area contributed by atoms with Gasteiger partial charge in [-0.15, -0.1) is 11.3 Å². The first kappa shape index (κ1) is 28.6. The summed E-state index contributed by atoms with van der Waals surface area (Å²) in [4.78, 5) is 10.9. The van der Waals surface area contributed by atoms with Crippen molar-refractivity contribution >= 4 is 119 Å². The van der Waals surface area contributed by atoms with Crippen molar-refractivity contribution in [2.75, 3.05) is 0 Å². The molecule has 5 heterocycles. The fourth-order valence-electron chi connectivity index (χ4n) is 8.90. The van der Waals surface area contributed by atoms with E-state index >= 15 is 0 Å². The summed E-state index contributed by atoms with van der Waals surface area (Å²) in [6, 6.07) is 53.4. The molecule has 0 amide bonds. The summed E-state index contributed by atoms with van der Waals surface area (Å²) < 4.78 is 17.9. The maximum atomic E-state index is 6.62. The van der Waals surface area contributed by atoms with Gasteiger partial charge in [-0.05, 0) is 64.0 Å². The lowest BCUT2D eigenvalue weighted by molar-refractivity contribution is 0.666. The molecule has 250 valence electrons. The Hall–Kier alpha value is -7.02. The van der Waals surface area contributed by atoms with Crippen LogP contribution < -0.4 is 0 Å². The van der Waals surface area contributed by atoms with Gasteiger partial charge in [-0.2, -0.15) is 0 Å². The third kappa shape index (κ3) is 3.67. The van der Waals surface area contributed by atoms with Crippen molar-refractivity contribution in [2.24, 2.45) is 0 Å². The van der Waals surface area contributed by atoms with E-state index in [0.29, 0.717) is 11.5 Å². The molecule has 0 saturated carbocycles. The average Bonchev–Trinajstić information content (AvgIpc) is 3.99. The number of hydrogen-bond donors (Lipinski definition) is 0. The van der Waals surface area contributed by atoms with Gasteiger partial charge in [0.2, 0.25) is 5.95 Å².